The molecule has 0 aromatic heterocycles. The zero-order valence-corrected chi connectivity index (χ0v) is 13.9. The van der Waals surface area contributed by atoms with Gasteiger partial charge in [-0.2, -0.15) is 0 Å². The van der Waals surface area contributed by atoms with E-state index in [0.29, 0.717) is 13.1 Å². The highest BCUT2D eigenvalue weighted by atomic mass is 16.6. The Kier molecular flexibility index (Phi) is 6.45. The fraction of sp³-hybridized carbons (Fsp3) is 0.867. The predicted octanol–water partition coefficient (Wildman–Crippen LogP) is 1.45. The Hall–Kier alpha value is -1.30. The topological polar surface area (TPSA) is 61.9 Å². The third kappa shape index (κ3) is 6.33. The zero-order valence-electron chi connectivity index (χ0n) is 13.9. The van der Waals surface area contributed by atoms with Crippen molar-refractivity contribution in [1.29, 1.82) is 0 Å². The van der Waals surface area contributed by atoms with E-state index in [1.54, 1.807) is 16.8 Å². The summed E-state index contributed by atoms with van der Waals surface area (Å²) in [4.78, 5) is 27.2. The van der Waals surface area contributed by atoms with E-state index in [9.17, 15) is 9.59 Å². The molecule has 1 rings (SSSR count). The molecular weight excluding hydrogens is 270 g/mol. The van der Waals surface area contributed by atoms with Crippen molar-refractivity contribution >= 4 is 12.0 Å². The number of hydrogen-bond acceptors (Lipinski definition) is 4. The molecule has 0 aromatic carbocycles. The van der Waals surface area contributed by atoms with E-state index >= 15 is 0 Å². The predicted molar refractivity (Wildman–Crippen MR) is 82.1 cm³/mol. The van der Waals surface area contributed by atoms with E-state index in [2.05, 4.69) is 5.32 Å². The number of amides is 2. The number of likely N-dealkylation sites (N-methyl/N-ethyl adjacent to an activating group) is 1. The smallest absolute Gasteiger partial charge is 0.410 e. The molecule has 1 unspecified atom stereocenters. The Bertz CT molecular complexity index is 360. The molecule has 0 spiro atoms. The first-order valence-electron chi connectivity index (χ1n) is 7.63. The van der Waals surface area contributed by atoms with E-state index < -0.39 is 5.60 Å². The summed E-state index contributed by atoms with van der Waals surface area (Å²) in [7, 11) is 3.53. The van der Waals surface area contributed by atoms with Gasteiger partial charge in [0.15, 0.2) is 0 Å². The summed E-state index contributed by atoms with van der Waals surface area (Å²) in [5.74, 6) is 0.146. The lowest BCUT2D eigenvalue weighted by atomic mass is 10.2. The van der Waals surface area contributed by atoms with Crippen molar-refractivity contribution in [2.45, 2.75) is 51.7 Å². The summed E-state index contributed by atoms with van der Waals surface area (Å²) in [6, 6.07) is -0.0291. The zero-order chi connectivity index (χ0) is 16.0. The molecule has 1 aliphatic rings. The van der Waals surface area contributed by atoms with Crippen LogP contribution in [0, 0.1) is 0 Å². The number of rotatable bonds is 5. The molecule has 1 heterocycles. The molecule has 21 heavy (non-hydrogen) atoms. The number of carbonyl (C=O) groups is 2. The third-order valence-electron chi connectivity index (χ3n) is 3.43. The van der Waals surface area contributed by atoms with Gasteiger partial charge in [-0.25, -0.2) is 4.79 Å². The number of ether oxygens (including phenoxy) is 1. The van der Waals surface area contributed by atoms with Crippen molar-refractivity contribution in [1.82, 2.24) is 15.1 Å². The highest BCUT2D eigenvalue weighted by molar-refractivity contribution is 5.81. The van der Waals surface area contributed by atoms with Gasteiger partial charge in [-0.15, -0.1) is 0 Å². The van der Waals surface area contributed by atoms with Gasteiger partial charge >= 0.3 is 6.09 Å². The largest absolute Gasteiger partial charge is 0.444 e. The Balaban J connectivity index is 2.25. The van der Waals surface area contributed by atoms with Crippen molar-refractivity contribution in [3.05, 3.63) is 0 Å². The van der Waals surface area contributed by atoms with Crippen LogP contribution >= 0.6 is 0 Å². The van der Waals surface area contributed by atoms with Crippen molar-refractivity contribution in [3.8, 4) is 0 Å². The van der Waals surface area contributed by atoms with Crippen LogP contribution in [0.3, 0.4) is 0 Å². The monoisotopic (exact) mass is 299 g/mol. The SMILES string of the molecule is CN(CCCN(C)C(=O)C1CCCN1)C(=O)OC(C)(C)C. The van der Waals surface area contributed by atoms with E-state index in [1.807, 2.05) is 27.8 Å². The molecule has 6 nitrogen and oxygen atoms in total. The Labute approximate surface area is 127 Å². The second kappa shape index (κ2) is 7.64. The number of nitrogens with zero attached hydrogens (tertiary/aromatic N) is 2. The number of hydrogen-bond donors (Lipinski definition) is 1. The van der Waals surface area contributed by atoms with Crippen LogP contribution in [0.25, 0.3) is 0 Å². The van der Waals surface area contributed by atoms with Gasteiger partial charge < -0.3 is 19.9 Å². The van der Waals surface area contributed by atoms with Gasteiger partial charge in [0.1, 0.15) is 5.60 Å². The lowest BCUT2D eigenvalue weighted by Crippen LogP contribution is -2.42. The van der Waals surface area contributed by atoms with Crippen LogP contribution in [-0.4, -0.2) is 67.2 Å². The van der Waals surface area contributed by atoms with Crippen LogP contribution in [0.1, 0.15) is 40.0 Å². The van der Waals surface area contributed by atoms with Gasteiger partial charge in [-0.1, -0.05) is 0 Å². The average Bonchev–Trinajstić information content (AvgIpc) is 2.89. The van der Waals surface area contributed by atoms with Crippen LogP contribution in [0.15, 0.2) is 0 Å². The molecule has 0 aromatic rings. The minimum Gasteiger partial charge on any atom is -0.444 e. The van der Waals surface area contributed by atoms with Crippen molar-refractivity contribution in [2.24, 2.45) is 0 Å². The second-order valence-corrected chi connectivity index (χ2v) is 6.66. The van der Waals surface area contributed by atoms with Crippen molar-refractivity contribution in [3.63, 3.8) is 0 Å². The lowest BCUT2D eigenvalue weighted by molar-refractivity contribution is -0.131. The standard InChI is InChI=1S/C15H29N3O3/c1-15(2,3)21-14(20)18(5)11-7-10-17(4)13(19)12-8-6-9-16-12/h12,16H,6-11H2,1-5H3. The molecule has 122 valence electrons. The molecule has 1 atom stereocenters. The fourth-order valence-corrected chi connectivity index (χ4v) is 2.25. The molecule has 0 bridgehead atoms. The Morgan fingerprint density at radius 3 is 2.33 bits per heavy atom. The quantitative estimate of drug-likeness (QED) is 0.835. The van der Waals surface area contributed by atoms with E-state index in [4.69, 9.17) is 4.74 Å². The maximum absolute atomic E-state index is 12.1. The van der Waals surface area contributed by atoms with Gasteiger partial charge in [-0.3, -0.25) is 4.79 Å². The molecule has 0 radical (unpaired) electrons. The summed E-state index contributed by atoms with van der Waals surface area (Å²) in [6.07, 6.45) is 2.39. The molecule has 1 fully saturated rings. The molecule has 2 amide bonds. The van der Waals surface area contributed by atoms with Crippen LogP contribution < -0.4 is 5.32 Å². The lowest BCUT2D eigenvalue weighted by Gasteiger charge is -2.26. The first-order valence-corrected chi connectivity index (χ1v) is 7.63. The molecular formula is C15H29N3O3. The first kappa shape index (κ1) is 17.8. The van der Waals surface area contributed by atoms with E-state index in [-0.39, 0.29) is 18.0 Å². The van der Waals surface area contributed by atoms with Crippen LogP contribution in [0.2, 0.25) is 0 Å². The minimum absolute atomic E-state index is 0.0291. The average molecular weight is 299 g/mol. The fourth-order valence-electron chi connectivity index (χ4n) is 2.25. The highest BCUT2D eigenvalue weighted by Crippen LogP contribution is 2.10. The van der Waals surface area contributed by atoms with Gasteiger partial charge in [-0.05, 0) is 46.6 Å². The highest BCUT2D eigenvalue weighted by Gasteiger charge is 2.25. The maximum Gasteiger partial charge on any atom is 0.410 e. The molecule has 0 aliphatic carbocycles. The number of nitrogens with one attached hydrogen (secondary N) is 1. The minimum atomic E-state index is -0.480. The van der Waals surface area contributed by atoms with E-state index in [0.717, 1.165) is 25.8 Å². The number of carbonyl (C=O) groups excluding carboxylic acids is 2. The van der Waals surface area contributed by atoms with Crippen LogP contribution in [0.5, 0.6) is 0 Å². The van der Waals surface area contributed by atoms with Crippen LogP contribution in [0.4, 0.5) is 4.79 Å². The normalized spacial score (nSPS) is 18.4. The first-order chi connectivity index (χ1) is 9.70. The van der Waals surface area contributed by atoms with E-state index in [1.165, 1.54) is 0 Å². The van der Waals surface area contributed by atoms with Crippen LogP contribution in [-0.2, 0) is 9.53 Å². The summed E-state index contributed by atoms with van der Waals surface area (Å²) in [5, 5.41) is 3.20. The molecule has 6 heteroatoms. The third-order valence-corrected chi connectivity index (χ3v) is 3.43. The summed E-state index contributed by atoms with van der Waals surface area (Å²) in [6.45, 7) is 7.68. The molecule has 1 N–H and O–H groups in total. The molecule has 1 aliphatic heterocycles. The second-order valence-electron chi connectivity index (χ2n) is 6.66. The molecule has 1 saturated heterocycles. The Morgan fingerprint density at radius 1 is 1.19 bits per heavy atom. The van der Waals surface area contributed by atoms with Gasteiger partial charge in [0.05, 0.1) is 6.04 Å². The van der Waals surface area contributed by atoms with Gasteiger partial charge in [0, 0.05) is 27.2 Å². The van der Waals surface area contributed by atoms with Gasteiger partial charge in [0.2, 0.25) is 5.91 Å². The summed E-state index contributed by atoms with van der Waals surface area (Å²) >= 11 is 0. The summed E-state index contributed by atoms with van der Waals surface area (Å²) in [5.41, 5.74) is -0.480. The van der Waals surface area contributed by atoms with Crippen molar-refractivity contribution in [2.75, 3.05) is 33.7 Å². The Morgan fingerprint density at radius 2 is 1.81 bits per heavy atom. The van der Waals surface area contributed by atoms with Gasteiger partial charge in [0.25, 0.3) is 0 Å². The summed E-state index contributed by atoms with van der Waals surface area (Å²) < 4.78 is 5.28. The van der Waals surface area contributed by atoms with Crippen molar-refractivity contribution < 1.29 is 14.3 Å². The molecule has 0 saturated carbocycles. The maximum atomic E-state index is 12.1.